The summed E-state index contributed by atoms with van der Waals surface area (Å²) in [7, 11) is 0. The average molecular weight is 334 g/mol. The molecule has 2 N–H and O–H groups in total. The molecule has 0 atom stereocenters. The van der Waals surface area contributed by atoms with Crippen molar-refractivity contribution < 1.29 is 23.8 Å². The summed E-state index contributed by atoms with van der Waals surface area (Å²) in [4.78, 5) is 40.1. The van der Waals surface area contributed by atoms with Crippen molar-refractivity contribution in [2.45, 2.75) is 19.9 Å². The van der Waals surface area contributed by atoms with Crippen LogP contribution in [0.2, 0.25) is 0 Å². The Hall–Kier alpha value is -2.58. The molecule has 0 saturated carbocycles. The van der Waals surface area contributed by atoms with Gasteiger partial charge < -0.3 is 4.84 Å². The third kappa shape index (κ3) is 4.97. The number of carbonyl (C=O) groups is 3. The van der Waals surface area contributed by atoms with E-state index in [-0.39, 0.29) is 18.7 Å². The summed E-state index contributed by atoms with van der Waals surface area (Å²) in [6.07, 6.45) is 3.44. The lowest BCUT2D eigenvalue weighted by Crippen LogP contribution is -2.42. The molecule has 8 heteroatoms. The lowest BCUT2D eigenvalue weighted by Gasteiger charge is -2.05. The summed E-state index contributed by atoms with van der Waals surface area (Å²) in [5.74, 6) is -1.00. The van der Waals surface area contributed by atoms with Gasteiger partial charge in [0.1, 0.15) is 5.56 Å². The molecule has 0 aliphatic carbocycles. The largest absolute Gasteiger partial charge is 0.351 e. The maximum absolute atomic E-state index is 12.1. The Morgan fingerprint density at radius 3 is 2.78 bits per heavy atom. The first-order chi connectivity index (χ1) is 11.1. The van der Waals surface area contributed by atoms with Gasteiger partial charge in [0.2, 0.25) is 12.3 Å². The molecule has 23 heavy (non-hydrogen) atoms. The molecule has 1 amide bonds. The summed E-state index contributed by atoms with van der Waals surface area (Å²) >= 11 is 1.38. The second-order valence-corrected chi connectivity index (χ2v) is 5.50. The monoisotopic (exact) mass is 334 g/mol. The predicted molar refractivity (Wildman–Crippen MR) is 82.3 cm³/mol. The first kappa shape index (κ1) is 16.8. The quantitative estimate of drug-likeness (QED) is 0.448. The van der Waals surface area contributed by atoms with E-state index in [9.17, 15) is 14.4 Å². The molecule has 0 aliphatic rings. The lowest BCUT2D eigenvalue weighted by atomic mass is 10.2. The highest BCUT2D eigenvalue weighted by Crippen LogP contribution is 2.09. The Kier molecular flexibility index (Phi) is 5.95. The normalized spacial score (nSPS) is 10.1. The van der Waals surface area contributed by atoms with E-state index in [0.717, 1.165) is 0 Å². The van der Waals surface area contributed by atoms with Gasteiger partial charge in [0.15, 0.2) is 12.4 Å². The van der Waals surface area contributed by atoms with Gasteiger partial charge in [0, 0.05) is 12.5 Å². The van der Waals surface area contributed by atoms with E-state index in [0.29, 0.717) is 10.4 Å². The molecular formula is C15H16N3O4S+. The van der Waals surface area contributed by atoms with E-state index in [1.165, 1.54) is 11.3 Å². The molecule has 0 aliphatic heterocycles. The maximum atomic E-state index is 12.1. The number of rotatable bonds is 7. The first-order valence-corrected chi connectivity index (χ1v) is 7.79. The number of hydrazine groups is 1. The number of Topliss-reactive ketones (excluding diaryl/α,β-unsaturated/α-hetero) is 1. The smallest absolute Gasteiger partial charge is 0.326 e. The third-order valence-corrected chi connectivity index (χ3v) is 3.77. The van der Waals surface area contributed by atoms with Crippen LogP contribution in [0.3, 0.4) is 0 Å². The number of pyridine rings is 1. The van der Waals surface area contributed by atoms with Crippen molar-refractivity contribution in [2.75, 3.05) is 0 Å². The number of hydrogen-bond donors (Lipinski definition) is 2. The molecular weight excluding hydrogens is 318 g/mol. The van der Waals surface area contributed by atoms with Crippen LogP contribution in [0, 0.1) is 0 Å². The van der Waals surface area contributed by atoms with Gasteiger partial charge in [-0.1, -0.05) is 18.6 Å². The molecule has 120 valence electrons. The highest BCUT2D eigenvalue weighted by molar-refractivity contribution is 7.12. The summed E-state index contributed by atoms with van der Waals surface area (Å²) < 4.78 is 1.62. The molecule has 7 nitrogen and oxygen atoms in total. The van der Waals surface area contributed by atoms with Crippen molar-refractivity contribution >= 4 is 29.0 Å². The van der Waals surface area contributed by atoms with E-state index in [4.69, 9.17) is 0 Å². The molecule has 0 saturated heterocycles. The SMILES string of the molecule is CCC(=O)ONNC(=O)c1ccc[n+](CC(=O)c2cccs2)c1. The summed E-state index contributed by atoms with van der Waals surface area (Å²) in [6, 6.07) is 6.82. The van der Waals surface area contributed by atoms with E-state index in [1.54, 1.807) is 42.1 Å². The van der Waals surface area contributed by atoms with Crippen LogP contribution in [-0.2, 0) is 16.2 Å². The van der Waals surface area contributed by atoms with Crippen LogP contribution in [-0.4, -0.2) is 17.7 Å². The van der Waals surface area contributed by atoms with Gasteiger partial charge in [-0.25, -0.2) is 0 Å². The average Bonchev–Trinajstić information content (AvgIpc) is 3.09. The van der Waals surface area contributed by atoms with Crippen LogP contribution in [0.1, 0.15) is 33.4 Å². The summed E-state index contributed by atoms with van der Waals surface area (Å²) in [5.41, 5.74) is 4.66. The van der Waals surface area contributed by atoms with Crippen molar-refractivity contribution in [3.63, 3.8) is 0 Å². The topological polar surface area (TPSA) is 88.4 Å². The first-order valence-electron chi connectivity index (χ1n) is 6.91. The number of amides is 1. The highest BCUT2D eigenvalue weighted by atomic mass is 32.1. The minimum Gasteiger partial charge on any atom is -0.351 e. The van der Waals surface area contributed by atoms with E-state index < -0.39 is 11.9 Å². The maximum Gasteiger partial charge on any atom is 0.326 e. The van der Waals surface area contributed by atoms with E-state index >= 15 is 0 Å². The van der Waals surface area contributed by atoms with Gasteiger partial charge >= 0.3 is 5.97 Å². The van der Waals surface area contributed by atoms with Crippen LogP contribution in [0.25, 0.3) is 0 Å². The molecule has 0 unspecified atom stereocenters. The van der Waals surface area contributed by atoms with E-state index in [1.807, 2.05) is 11.4 Å². The molecule has 2 rings (SSSR count). The van der Waals surface area contributed by atoms with Crippen molar-refractivity contribution in [1.29, 1.82) is 0 Å². The molecule has 0 spiro atoms. The summed E-state index contributed by atoms with van der Waals surface area (Å²) in [5, 5.41) is 1.84. The van der Waals surface area contributed by atoms with Crippen molar-refractivity contribution in [3.8, 4) is 0 Å². The van der Waals surface area contributed by atoms with Crippen molar-refractivity contribution in [3.05, 3.63) is 52.5 Å². The minimum atomic E-state index is -0.491. The van der Waals surface area contributed by atoms with Gasteiger partial charge in [-0.05, 0) is 17.5 Å². The predicted octanol–water partition coefficient (Wildman–Crippen LogP) is 1.02. The number of hydrogen-bond acceptors (Lipinski definition) is 6. The molecule has 0 bridgehead atoms. The zero-order valence-electron chi connectivity index (χ0n) is 12.4. The molecule has 2 heterocycles. The highest BCUT2D eigenvalue weighted by Gasteiger charge is 2.15. The number of ketones is 1. The number of thiophene rings is 1. The summed E-state index contributed by atoms with van der Waals surface area (Å²) in [6.45, 7) is 1.77. The molecule has 2 aromatic heterocycles. The number of nitrogens with zero attached hydrogens (tertiary/aromatic N) is 1. The van der Waals surface area contributed by atoms with Gasteiger partial charge in [-0.2, -0.15) is 4.57 Å². The number of aromatic nitrogens is 1. The van der Waals surface area contributed by atoms with Gasteiger partial charge in [-0.15, -0.1) is 11.3 Å². The Bertz CT molecular complexity index is 701. The van der Waals surface area contributed by atoms with Crippen LogP contribution < -0.4 is 15.6 Å². The zero-order chi connectivity index (χ0) is 16.7. The second kappa shape index (κ2) is 8.16. The van der Waals surface area contributed by atoms with Crippen LogP contribution in [0.5, 0.6) is 0 Å². The van der Waals surface area contributed by atoms with E-state index in [2.05, 4.69) is 15.9 Å². The molecule has 0 fully saturated rings. The Morgan fingerprint density at radius 2 is 2.09 bits per heavy atom. The number of nitrogens with one attached hydrogen (secondary N) is 2. The molecule has 0 aromatic carbocycles. The zero-order valence-corrected chi connectivity index (χ0v) is 13.3. The van der Waals surface area contributed by atoms with Crippen molar-refractivity contribution in [1.82, 2.24) is 11.0 Å². The third-order valence-electron chi connectivity index (χ3n) is 2.86. The standard InChI is InChI=1S/C15H15N3O4S/c1-2-14(20)22-17-16-15(21)11-5-3-7-18(9-11)10-12(19)13-6-4-8-23-13/h3-9,17H,2,10H2,1H3/p+1. The molecule has 0 radical (unpaired) electrons. The van der Waals surface area contributed by atoms with Crippen LogP contribution in [0.15, 0.2) is 42.0 Å². The number of carbonyl (C=O) groups excluding carboxylic acids is 3. The van der Waals surface area contributed by atoms with Crippen LogP contribution >= 0.6 is 11.3 Å². The van der Waals surface area contributed by atoms with Crippen LogP contribution in [0.4, 0.5) is 0 Å². The fourth-order valence-electron chi connectivity index (χ4n) is 1.71. The fourth-order valence-corrected chi connectivity index (χ4v) is 2.37. The Morgan fingerprint density at radius 1 is 1.26 bits per heavy atom. The molecule has 2 aromatic rings. The lowest BCUT2D eigenvalue weighted by molar-refractivity contribution is -0.683. The van der Waals surface area contributed by atoms with Gasteiger partial charge in [0.05, 0.1) is 4.88 Å². The minimum absolute atomic E-state index is 0.0300. The van der Waals surface area contributed by atoms with Gasteiger partial charge in [-0.3, -0.25) is 19.8 Å². The second-order valence-electron chi connectivity index (χ2n) is 4.55. The Labute approximate surface area is 136 Å². The van der Waals surface area contributed by atoms with Gasteiger partial charge in [0.25, 0.3) is 5.91 Å². The fraction of sp³-hybridized carbons (Fsp3) is 0.200. The van der Waals surface area contributed by atoms with Crippen molar-refractivity contribution in [2.24, 2.45) is 0 Å². The Balaban J connectivity index is 1.95.